The summed E-state index contributed by atoms with van der Waals surface area (Å²) in [4.78, 5) is 13.2. The van der Waals surface area contributed by atoms with E-state index in [1.165, 1.54) is 0 Å². The summed E-state index contributed by atoms with van der Waals surface area (Å²) < 4.78 is 5.92. The molecule has 0 amide bonds. The zero-order valence-electron chi connectivity index (χ0n) is 9.89. The van der Waals surface area contributed by atoms with Gasteiger partial charge in [0, 0.05) is 13.1 Å². The number of Topliss-reactive ketones (excluding diaryl/α,β-unsaturated/α-hetero) is 1. The van der Waals surface area contributed by atoms with Gasteiger partial charge >= 0.3 is 0 Å². The van der Waals surface area contributed by atoms with Crippen molar-refractivity contribution >= 4 is 5.78 Å². The Labute approximate surface area is 86.4 Å². The number of ether oxygens (including phenoxy) is 1. The molecule has 1 aliphatic rings. The highest BCUT2D eigenvalue weighted by Crippen LogP contribution is 2.27. The average Bonchev–Trinajstić information content (AvgIpc) is 1.74. The van der Waals surface area contributed by atoms with Crippen LogP contribution in [-0.2, 0) is 9.53 Å². The van der Waals surface area contributed by atoms with E-state index >= 15 is 0 Å². The van der Waals surface area contributed by atoms with E-state index in [0.717, 1.165) is 13.1 Å². The molecule has 0 aromatic heterocycles. The van der Waals surface area contributed by atoms with Crippen molar-refractivity contribution in [1.82, 2.24) is 4.90 Å². The van der Waals surface area contributed by atoms with Crippen LogP contribution >= 0.6 is 0 Å². The average molecular weight is 199 g/mol. The highest BCUT2D eigenvalue weighted by atomic mass is 16.5. The lowest BCUT2D eigenvalue weighted by molar-refractivity contribution is -0.180. The summed E-state index contributed by atoms with van der Waals surface area (Å²) in [6.07, 6.45) is 0. The van der Waals surface area contributed by atoms with Crippen molar-refractivity contribution in [1.29, 1.82) is 0 Å². The van der Waals surface area contributed by atoms with Crippen LogP contribution in [0, 0.1) is 0 Å². The smallest absolute Gasteiger partial charge is 0.143 e. The lowest BCUT2D eigenvalue weighted by Gasteiger charge is -2.46. The van der Waals surface area contributed by atoms with Crippen molar-refractivity contribution in [3.8, 4) is 0 Å². The summed E-state index contributed by atoms with van der Waals surface area (Å²) >= 11 is 0. The molecule has 0 spiro atoms. The second kappa shape index (κ2) is 3.63. The van der Waals surface area contributed by atoms with Gasteiger partial charge in [-0.05, 0) is 34.6 Å². The first-order valence-electron chi connectivity index (χ1n) is 5.12. The van der Waals surface area contributed by atoms with Gasteiger partial charge in [0.25, 0.3) is 0 Å². The van der Waals surface area contributed by atoms with E-state index < -0.39 is 0 Å². The first-order valence-corrected chi connectivity index (χ1v) is 5.12. The monoisotopic (exact) mass is 199 g/mol. The van der Waals surface area contributed by atoms with Crippen molar-refractivity contribution in [3.05, 3.63) is 0 Å². The molecular formula is C11H21NO2. The van der Waals surface area contributed by atoms with Crippen molar-refractivity contribution in [3.63, 3.8) is 0 Å². The molecule has 3 nitrogen and oxygen atoms in total. The fraction of sp³-hybridized carbons (Fsp3) is 0.909. The molecule has 1 saturated heterocycles. The summed E-state index contributed by atoms with van der Waals surface area (Å²) in [5.74, 6) is 0.221. The molecule has 3 heteroatoms. The minimum Gasteiger partial charge on any atom is -0.367 e. The van der Waals surface area contributed by atoms with Crippen LogP contribution in [0.15, 0.2) is 0 Å². The molecule has 0 radical (unpaired) electrons. The fourth-order valence-electron chi connectivity index (χ4n) is 2.37. The molecule has 1 fully saturated rings. The Hall–Kier alpha value is -0.410. The van der Waals surface area contributed by atoms with Gasteiger partial charge in [-0.2, -0.15) is 0 Å². The lowest BCUT2D eigenvalue weighted by atomic mass is 9.99. The molecule has 0 aromatic carbocycles. The zero-order valence-corrected chi connectivity index (χ0v) is 9.89. The third kappa shape index (κ3) is 3.39. The lowest BCUT2D eigenvalue weighted by Crippen LogP contribution is -2.57. The van der Waals surface area contributed by atoms with Crippen molar-refractivity contribution < 1.29 is 9.53 Å². The number of nitrogens with zero attached hydrogens (tertiary/aromatic N) is 1. The molecular weight excluding hydrogens is 178 g/mol. The van der Waals surface area contributed by atoms with Crippen LogP contribution < -0.4 is 0 Å². The van der Waals surface area contributed by atoms with Crippen molar-refractivity contribution in [2.24, 2.45) is 0 Å². The minimum atomic E-state index is -0.156. The summed E-state index contributed by atoms with van der Waals surface area (Å²) in [7, 11) is 0. The van der Waals surface area contributed by atoms with Crippen LogP contribution in [0.4, 0.5) is 0 Å². The number of hydrogen-bond acceptors (Lipinski definition) is 3. The van der Waals surface area contributed by atoms with Gasteiger partial charge in [0.1, 0.15) is 5.78 Å². The molecule has 1 aliphatic heterocycles. The number of morpholine rings is 1. The first kappa shape index (κ1) is 11.7. The zero-order chi connectivity index (χ0) is 11.0. The van der Waals surface area contributed by atoms with Gasteiger partial charge in [-0.3, -0.25) is 9.69 Å². The molecule has 1 heterocycles. The molecule has 0 aliphatic carbocycles. The molecule has 0 bridgehead atoms. The third-order valence-corrected chi connectivity index (χ3v) is 2.21. The Morgan fingerprint density at radius 3 is 2.00 bits per heavy atom. The SMILES string of the molecule is CC(=O)CN1CC(C)(C)OC(C)(C)C1. The minimum absolute atomic E-state index is 0.156. The van der Waals surface area contributed by atoms with E-state index in [9.17, 15) is 4.79 Å². The fourth-order valence-corrected chi connectivity index (χ4v) is 2.37. The molecule has 82 valence electrons. The Kier molecular flexibility index (Phi) is 3.02. The van der Waals surface area contributed by atoms with Crippen molar-refractivity contribution in [2.75, 3.05) is 19.6 Å². The maximum absolute atomic E-state index is 11.1. The highest BCUT2D eigenvalue weighted by molar-refractivity contribution is 5.77. The van der Waals surface area contributed by atoms with E-state index in [1.54, 1.807) is 6.92 Å². The van der Waals surface area contributed by atoms with Crippen LogP contribution in [-0.4, -0.2) is 41.5 Å². The van der Waals surface area contributed by atoms with Crippen molar-refractivity contribution in [2.45, 2.75) is 45.8 Å². The quantitative estimate of drug-likeness (QED) is 0.674. The van der Waals surface area contributed by atoms with Gasteiger partial charge in [-0.15, -0.1) is 0 Å². The van der Waals surface area contributed by atoms with Gasteiger partial charge in [0.2, 0.25) is 0 Å². The van der Waals surface area contributed by atoms with Gasteiger partial charge in [0.15, 0.2) is 0 Å². The van der Waals surface area contributed by atoms with E-state index in [1.807, 2.05) is 0 Å². The predicted molar refractivity (Wildman–Crippen MR) is 56.4 cm³/mol. The summed E-state index contributed by atoms with van der Waals surface area (Å²) in [6.45, 7) is 12.1. The van der Waals surface area contributed by atoms with Crippen LogP contribution in [0.2, 0.25) is 0 Å². The standard InChI is InChI=1S/C11H21NO2/c1-9(13)6-12-7-10(2,3)14-11(4,5)8-12/h6-8H2,1-5H3. The van der Waals surface area contributed by atoms with E-state index in [0.29, 0.717) is 6.54 Å². The van der Waals surface area contributed by atoms with Gasteiger partial charge in [0.05, 0.1) is 17.7 Å². The molecule has 14 heavy (non-hydrogen) atoms. The predicted octanol–water partition coefficient (Wildman–Crippen LogP) is 1.46. The maximum atomic E-state index is 11.1. The second-order valence-electron chi connectivity index (χ2n) is 5.47. The molecule has 0 N–H and O–H groups in total. The molecule has 1 rings (SSSR count). The van der Waals surface area contributed by atoms with Gasteiger partial charge in [-0.1, -0.05) is 0 Å². The first-order chi connectivity index (χ1) is 6.20. The van der Waals surface area contributed by atoms with Gasteiger partial charge in [-0.25, -0.2) is 0 Å². The summed E-state index contributed by atoms with van der Waals surface area (Å²) in [6, 6.07) is 0. The molecule has 0 aromatic rings. The summed E-state index contributed by atoms with van der Waals surface area (Å²) in [5.41, 5.74) is -0.311. The van der Waals surface area contributed by atoms with Gasteiger partial charge < -0.3 is 4.74 Å². The van der Waals surface area contributed by atoms with E-state index in [2.05, 4.69) is 32.6 Å². The number of rotatable bonds is 2. The van der Waals surface area contributed by atoms with E-state index in [4.69, 9.17) is 4.74 Å². The topological polar surface area (TPSA) is 29.5 Å². The number of ketones is 1. The Morgan fingerprint density at radius 1 is 1.21 bits per heavy atom. The van der Waals surface area contributed by atoms with Crippen LogP contribution in [0.5, 0.6) is 0 Å². The highest BCUT2D eigenvalue weighted by Gasteiger charge is 2.38. The molecule has 0 unspecified atom stereocenters. The van der Waals surface area contributed by atoms with Crippen LogP contribution in [0.25, 0.3) is 0 Å². The van der Waals surface area contributed by atoms with E-state index in [-0.39, 0.29) is 17.0 Å². The normalized spacial score (nSPS) is 26.1. The number of carbonyl (C=O) groups excluding carboxylic acids is 1. The number of carbonyl (C=O) groups is 1. The van der Waals surface area contributed by atoms with Crippen LogP contribution in [0.3, 0.4) is 0 Å². The second-order valence-corrected chi connectivity index (χ2v) is 5.47. The van der Waals surface area contributed by atoms with Crippen LogP contribution in [0.1, 0.15) is 34.6 Å². The molecule has 0 saturated carbocycles. The Morgan fingerprint density at radius 2 is 1.64 bits per heavy atom. The Bertz CT molecular complexity index is 217. The summed E-state index contributed by atoms with van der Waals surface area (Å²) in [5, 5.41) is 0. The number of hydrogen-bond donors (Lipinski definition) is 0. The Balaban J connectivity index is 2.66. The molecule has 0 atom stereocenters. The third-order valence-electron chi connectivity index (χ3n) is 2.21. The largest absolute Gasteiger partial charge is 0.367 e. The maximum Gasteiger partial charge on any atom is 0.143 e.